The van der Waals surface area contributed by atoms with Gasteiger partial charge in [0.05, 0.1) is 54.9 Å². The third-order valence-corrected chi connectivity index (χ3v) is 9.19. The van der Waals surface area contributed by atoms with E-state index < -0.39 is 72.8 Å². The standard InChI is InChI=1S/C40H64O12/c1-26(2)38-27(3)15-16-29(41)17-30(42)18-31(43)19-32(44)20-33(45)21-34(46)22-35(47)24-40(50)25-36(48)23-37(52-40)14-12-10-8-6-5-7-9-11-13-28(4)39(49)51-38/h5-13,15-16,26-27,29-38,41-48,50H,14,17-25H2,1-4H3/b7-5+,8-6+,11-9+,12-10+,16-15+,28-13+. The molecule has 2 heterocycles. The summed E-state index contributed by atoms with van der Waals surface area (Å²) in [5, 5.41) is 94.9. The topological polar surface area (TPSA) is 218 Å². The van der Waals surface area contributed by atoms with Gasteiger partial charge in [-0.15, -0.1) is 0 Å². The van der Waals surface area contributed by atoms with Crippen LogP contribution < -0.4 is 0 Å². The van der Waals surface area contributed by atoms with E-state index in [-0.39, 0.29) is 63.2 Å². The number of carbonyl (C=O) groups is 1. The summed E-state index contributed by atoms with van der Waals surface area (Å²) in [7, 11) is 0. The van der Waals surface area contributed by atoms with Crippen LogP contribution in [0, 0.1) is 11.8 Å². The fourth-order valence-corrected chi connectivity index (χ4v) is 6.68. The van der Waals surface area contributed by atoms with Crippen LogP contribution in [0.1, 0.15) is 91.9 Å². The molecule has 0 aromatic rings. The predicted octanol–water partition coefficient (Wildman–Crippen LogP) is 2.81. The van der Waals surface area contributed by atoms with Crippen LogP contribution in [0.5, 0.6) is 0 Å². The monoisotopic (exact) mass is 736 g/mol. The summed E-state index contributed by atoms with van der Waals surface area (Å²) in [5.74, 6) is -2.54. The molecule has 2 bridgehead atoms. The first-order chi connectivity index (χ1) is 24.5. The Morgan fingerprint density at radius 2 is 1.12 bits per heavy atom. The van der Waals surface area contributed by atoms with Gasteiger partial charge in [-0.1, -0.05) is 87.6 Å². The molecule has 2 aliphatic rings. The number of ether oxygens (including phenoxy) is 2. The number of esters is 1. The molecule has 12 unspecified atom stereocenters. The molecule has 0 saturated carbocycles. The molecule has 52 heavy (non-hydrogen) atoms. The zero-order valence-corrected chi connectivity index (χ0v) is 31.1. The Labute approximate surface area is 308 Å². The van der Waals surface area contributed by atoms with Crippen LogP contribution in [0.15, 0.2) is 72.4 Å². The van der Waals surface area contributed by atoms with Gasteiger partial charge in [0.15, 0.2) is 5.79 Å². The van der Waals surface area contributed by atoms with E-state index in [0.29, 0.717) is 18.4 Å². The summed E-state index contributed by atoms with van der Waals surface area (Å²) in [6.07, 6.45) is 8.98. The minimum Gasteiger partial charge on any atom is -0.458 e. The second kappa shape index (κ2) is 23.3. The second-order valence-corrected chi connectivity index (χ2v) is 14.9. The SMILES string of the molecule is C\C1=C/C=C/C=C/C=C/C=C/CC2CC(O)CC(O)(CC(O)CC(O)CC(O)CC(O)CC(O)CC(O)CC(O)/C=C/C(C)C(C(C)C)OC1=O)O2. The van der Waals surface area contributed by atoms with E-state index in [9.17, 15) is 50.8 Å². The normalized spacial score (nSPS) is 42.1. The van der Waals surface area contributed by atoms with Gasteiger partial charge in [-0.05, 0) is 51.4 Å². The summed E-state index contributed by atoms with van der Waals surface area (Å²) in [4.78, 5) is 12.8. The average molecular weight is 737 g/mol. The maximum Gasteiger partial charge on any atom is 0.334 e. The van der Waals surface area contributed by atoms with Crippen molar-refractivity contribution in [3.05, 3.63) is 72.4 Å². The van der Waals surface area contributed by atoms with Crippen molar-refractivity contribution in [2.75, 3.05) is 0 Å². The molecular formula is C40H64O12. The number of hydrogen-bond acceptors (Lipinski definition) is 12. The number of rotatable bonds is 1. The van der Waals surface area contributed by atoms with Gasteiger partial charge < -0.3 is 55.4 Å². The van der Waals surface area contributed by atoms with E-state index in [0.717, 1.165) is 0 Å². The third kappa shape index (κ3) is 18.5. The number of cyclic esters (lactones) is 1. The van der Waals surface area contributed by atoms with E-state index in [2.05, 4.69) is 0 Å². The Hall–Kier alpha value is -2.49. The summed E-state index contributed by atoms with van der Waals surface area (Å²) >= 11 is 0. The van der Waals surface area contributed by atoms with Crippen LogP contribution in [0.4, 0.5) is 0 Å². The number of allylic oxidation sites excluding steroid dienone is 8. The van der Waals surface area contributed by atoms with Crippen molar-refractivity contribution < 1.29 is 60.2 Å². The van der Waals surface area contributed by atoms with Crippen molar-refractivity contribution in [1.29, 1.82) is 0 Å². The minimum atomic E-state index is -1.81. The Morgan fingerprint density at radius 3 is 1.65 bits per heavy atom. The third-order valence-electron chi connectivity index (χ3n) is 9.19. The second-order valence-electron chi connectivity index (χ2n) is 14.9. The van der Waals surface area contributed by atoms with Crippen LogP contribution in [0.2, 0.25) is 0 Å². The van der Waals surface area contributed by atoms with Gasteiger partial charge in [0.25, 0.3) is 0 Å². The lowest BCUT2D eigenvalue weighted by atomic mass is 9.90. The number of aliphatic hydroxyl groups is 9. The van der Waals surface area contributed by atoms with Gasteiger partial charge >= 0.3 is 5.97 Å². The molecule has 296 valence electrons. The number of fused-ring (bicyclic) bond motifs is 2. The molecule has 0 aromatic heterocycles. The number of hydrogen-bond donors (Lipinski definition) is 9. The first-order valence-electron chi connectivity index (χ1n) is 18.5. The fourth-order valence-electron chi connectivity index (χ4n) is 6.68. The van der Waals surface area contributed by atoms with Crippen LogP contribution in [-0.2, 0) is 14.3 Å². The van der Waals surface area contributed by atoms with E-state index in [1.165, 1.54) is 6.08 Å². The Balaban J connectivity index is 2.16. The van der Waals surface area contributed by atoms with Crippen LogP contribution in [0.25, 0.3) is 0 Å². The lowest BCUT2D eigenvalue weighted by Gasteiger charge is -2.40. The number of aliphatic hydroxyl groups excluding tert-OH is 8. The van der Waals surface area contributed by atoms with Crippen molar-refractivity contribution in [3.63, 3.8) is 0 Å². The molecule has 0 radical (unpaired) electrons. The molecule has 0 spiro atoms. The van der Waals surface area contributed by atoms with Gasteiger partial charge in [-0.3, -0.25) is 0 Å². The van der Waals surface area contributed by atoms with E-state index in [4.69, 9.17) is 9.47 Å². The smallest absolute Gasteiger partial charge is 0.334 e. The molecule has 12 heteroatoms. The van der Waals surface area contributed by atoms with Crippen LogP contribution in [0.3, 0.4) is 0 Å². The van der Waals surface area contributed by atoms with Crippen molar-refractivity contribution in [2.45, 2.75) is 159 Å². The van der Waals surface area contributed by atoms with Gasteiger partial charge in [-0.25, -0.2) is 4.79 Å². The van der Waals surface area contributed by atoms with E-state index in [1.807, 2.05) is 51.2 Å². The molecular weight excluding hydrogens is 672 g/mol. The summed E-state index contributed by atoms with van der Waals surface area (Å²) in [6, 6.07) is 0. The molecule has 1 fully saturated rings. The zero-order chi connectivity index (χ0) is 38.8. The fraction of sp³-hybridized carbons (Fsp3) is 0.675. The molecule has 0 aliphatic carbocycles. The van der Waals surface area contributed by atoms with Gasteiger partial charge in [-0.2, -0.15) is 0 Å². The maximum atomic E-state index is 12.8. The average Bonchev–Trinajstić information content (AvgIpc) is 3.01. The molecule has 12 atom stereocenters. The van der Waals surface area contributed by atoms with Gasteiger partial charge in [0.2, 0.25) is 0 Å². The highest BCUT2D eigenvalue weighted by molar-refractivity contribution is 5.88. The molecule has 0 amide bonds. The van der Waals surface area contributed by atoms with E-state index in [1.54, 1.807) is 37.3 Å². The highest BCUT2D eigenvalue weighted by atomic mass is 16.6. The molecule has 0 aromatic carbocycles. The summed E-state index contributed by atoms with van der Waals surface area (Å²) in [5.41, 5.74) is 0.414. The van der Waals surface area contributed by atoms with Crippen molar-refractivity contribution in [1.82, 2.24) is 0 Å². The molecule has 9 N–H and O–H groups in total. The molecule has 1 saturated heterocycles. The number of carbonyl (C=O) groups excluding carboxylic acids is 1. The first-order valence-corrected chi connectivity index (χ1v) is 18.5. The Morgan fingerprint density at radius 1 is 0.654 bits per heavy atom. The minimum absolute atomic E-state index is 0.0183. The lowest BCUT2D eigenvalue weighted by molar-refractivity contribution is -0.282. The van der Waals surface area contributed by atoms with Gasteiger partial charge in [0.1, 0.15) is 6.10 Å². The van der Waals surface area contributed by atoms with Crippen molar-refractivity contribution in [3.8, 4) is 0 Å². The van der Waals surface area contributed by atoms with Crippen molar-refractivity contribution >= 4 is 5.97 Å². The highest BCUT2D eigenvalue weighted by Gasteiger charge is 2.41. The Kier molecular flexibility index (Phi) is 20.5. The van der Waals surface area contributed by atoms with Gasteiger partial charge in [0, 0.05) is 37.2 Å². The predicted molar refractivity (Wildman–Crippen MR) is 197 cm³/mol. The first kappa shape index (κ1) is 45.7. The molecule has 12 nitrogen and oxygen atoms in total. The summed E-state index contributed by atoms with van der Waals surface area (Å²) < 4.78 is 11.6. The Bertz CT molecular complexity index is 1220. The van der Waals surface area contributed by atoms with Crippen LogP contribution >= 0.6 is 0 Å². The van der Waals surface area contributed by atoms with Crippen LogP contribution in [-0.4, -0.2) is 119 Å². The largest absolute Gasteiger partial charge is 0.458 e. The van der Waals surface area contributed by atoms with E-state index >= 15 is 0 Å². The molecule has 2 rings (SSSR count). The summed E-state index contributed by atoms with van der Waals surface area (Å²) in [6.45, 7) is 7.40. The zero-order valence-electron chi connectivity index (χ0n) is 31.1. The quantitative estimate of drug-likeness (QED) is 0.140. The lowest BCUT2D eigenvalue weighted by Crippen LogP contribution is -2.48. The highest BCUT2D eigenvalue weighted by Crippen LogP contribution is 2.33. The van der Waals surface area contributed by atoms with Crippen molar-refractivity contribution in [2.24, 2.45) is 11.8 Å². The maximum absolute atomic E-state index is 12.8. The molecule has 2 aliphatic heterocycles.